The first-order valence-electron chi connectivity index (χ1n) is 11.2. The molecule has 0 spiro atoms. The zero-order valence-corrected chi connectivity index (χ0v) is 21.3. The highest BCUT2D eigenvalue weighted by atomic mass is 127. The summed E-state index contributed by atoms with van der Waals surface area (Å²) in [5, 5.41) is 6.63. The zero-order valence-electron chi connectivity index (χ0n) is 18.9. The van der Waals surface area contributed by atoms with Gasteiger partial charge in [-0.25, -0.2) is 0 Å². The van der Waals surface area contributed by atoms with Crippen molar-refractivity contribution in [2.24, 2.45) is 10.9 Å². The van der Waals surface area contributed by atoms with Crippen molar-refractivity contribution in [1.82, 2.24) is 10.6 Å². The molecule has 1 heterocycles. The van der Waals surface area contributed by atoms with Crippen molar-refractivity contribution in [3.8, 4) is 16.9 Å². The molecular formula is C25H36IN3O3. The lowest BCUT2D eigenvalue weighted by Gasteiger charge is -2.21. The number of rotatable bonds is 11. The van der Waals surface area contributed by atoms with E-state index in [1.165, 1.54) is 0 Å². The quantitative estimate of drug-likeness (QED) is 0.188. The van der Waals surface area contributed by atoms with Gasteiger partial charge in [0.25, 0.3) is 0 Å². The monoisotopic (exact) mass is 553 g/mol. The third-order valence-electron chi connectivity index (χ3n) is 5.30. The molecule has 0 aromatic heterocycles. The summed E-state index contributed by atoms with van der Waals surface area (Å²) in [4.78, 5) is 4.27. The van der Waals surface area contributed by atoms with E-state index in [4.69, 9.17) is 14.2 Å². The van der Waals surface area contributed by atoms with Gasteiger partial charge >= 0.3 is 0 Å². The molecule has 0 unspecified atom stereocenters. The molecule has 0 atom stereocenters. The molecular weight excluding hydrogens is 517 g/mol. The molecule has 1 aliphatic rings. The number of guanidine groups is 1. The van der Waals surface area contributed by atoms with Crippen molar-refractivity contribution in [3.63, 3.8) is 0 Å². The largest absolute Gasteiger partial charge is 0.491 e. The van der Waals surface area contributed by atoms with Crippen molar-refractivity contribution in [2.45, 2.75) is 19.3 Å². The SMILES string of the molecule is CN=C(NCCCOCC1CCOCC1)NCCOc1ccccc1-c1ccccc1.I. The van der Waals surface area contributed by atoms with Crippen LogP contribution in [-0.2, 0) is 9.47 Å². The van der Waals surface area contributed by atoms with Crippen LogP contribution < -0.4 is 15.4 Å². The topological polar surface area (TPSA) is 64.1 Å². The Kier molecular flexibility index (Phi) is 13.1. The summed E-state index contributed by atoms with van der Waals surface area (Å²) in [6, 6.07) is 18.4. The molecule has 3 rings (SSSR count). The van der Waals surface area contributed by atoms with Crippen LogP contribution in [-0.4, -0.2) is 59.1 Å². The number of nitrogens with zero attached hydrogens (tertiary/aromatic N) is 1. The number of nitrogens with one attached hydrogen (secondary N) is 2. The van der Waals surface area contributed by atoms with Gasteiger partial charge in [0, 0.05) is 45.6 Å². The minimum Gasteiger partial charge on any atom is -0.491 e. The first-order chi connectivity index (χ1) is 15.4. The van der Waals surface area contributed by atoms with Crippen molar-refractivity contribution in [2.75, 3.05) is 53.2 Å². The van der Waals surface area contributed by atoms with Gasteiger partial charge < -0.3 is 24.8 Å². The maximum Gasteiger partial charge on any atom is 0.191 e. The van der Waals surface area contributed by atoms with Crippen LogP contribution in [0, 0.1) is 5.92 Å². The average Bonchev–Trinajstić information content (AvgIpc) is 2.84. The van der Waals surface area contributed by atoms with E-state index in [1.807, 2.05) is 36.4 Å². The Hall–Kier alpha value is -1.84. The highest BCUT2D eigenvalue weighted by molar-refractivity contribution is 14.0. The lowest BCUT2D eigenvalue weighted by Crippen LogP contribution is -2.40. The summed E-state index contributed by atoms with van der Waals surface area (Å²) >= 11 is 0. The second-order valence-electron chi connectivity index (χ2n) is 7.62. The van der Waals surface area contributed by atoms with Crippen molar-refractivity contribution < 1.29 is 14.2 Å². The Morgan fingerprint density at radius 1 is 0.969 bits per heavy atom. The molecule has 0 amide bonds. The molecule has 1 aliphatic heterocycles. The number of halogens is 1. The summed E-state index contributed by atoms with van der Waals surface area (Å²) in [6.45, 7) is 5.41. The average molecular weight is 553 g/mol. The Balaban J connectivity index is 0.00000363. The van der Waals surface area contributed by atoms with Gasteiger partial charge in [0.05, 0.1) is 6.54 Å². The summed E-state index contributed by atoms with van der Waals surface area (Å²) in [5.74, 6) is 2.33. The fraction of sp³-hybridized carbons (Fsp3) is 0.480. The van der Waals surface area contributed by atoms with Gasteiger partial charge in [-0.05, 0) is 36.8 Å². The third-order valence-corrected chi connectivity index (χ3v) is 5.30. The molecule has 0 bridgehead atoms. The zero-order chi connectivity index (χ0) is 21.6. The van der Waals surface area contributed by atoms with Gasteiger partial charge in [-0.3, -0.25) is 4.99 Å². The van der Waals surface area contributed by atoms with Crippen molar-refractivity contribution in [3.05, 3.63) is 54.6 Å². The van der Waals surface area contributed by atoms with Gasteiger partial charge in [-0.1, -0.05) is 48.5 Å². The van der Waals surface area contributed by atoms with Crippen LogP contribution in [0.25, 0.3) is 11.1 Å². The molecule has 1 fully saturated rings. The third kappa shape index (κ3) is 9.34. The van der Waals surface area contributed by atoms with Gasteiger partial charge in [0.2, 0.25) is 0 Å². The minimum atomic E-state index is 0. The molecule has 32 heavy (non-hydrogen) atoms. The van der Waals surface area contributed by atoms with Gasteiger partial charge in [-0.15, -0.1) is 24.0 Å². The standard InChI is InChI=1S/C25H35N3O3.HI/c1-26-25(27-14-7-16-30-20-21-12-17-29-18-13-21)28-15-19-31-24-11-6-5-10-23(24)22-8-3-2-4-9-22;/h2-6,8-11,21H,7,12-20H2,1H3,(H2,26,27,28);1H. The van der Waals surface area contributed by atoms with Crippen LogP contribution in [0.2, 0.25) is 0 Å². The molecule has 6 nitrogen and oxygen atoms in total. The molecule has 176 valence electrons. The second kappa shape index (κ2) is 15.9. The lowest BCUT2D eigenvalue weighted by molar-refractivity contribution is 0.0203. The van der Waals surface area contributed by atoms with E-state index in [2.05, 4.69) is 33.8 Å². The highest BCUT2D eigenvalue weighted by Crippen LogP contribution is 2.29. The van der Waals surface area contributed by atoms with Gasteiger partial charge in [0.1, 0.15) is 12.4 Å². The minimum absolute atomic E-state index is 0. The van der Waals surface area contributed by atoms with Crippen LogP contribution in [0.5, 0.6) is 5.75 Å². The lowest BCUT2D eigenvalue weighted by atomic mass is 10.0. The van der Waals surface area contributed by atoms with Crippen LogP contribution in [0.15, 0.2) is 59.6 Å². The van der Waals surface area contributed by atoms with E-state index in [9.17, 15) is 0 Å². The van der Waals surface area contributed by atoms with Crippen molar-refractivity contribution in [1.29, 1.82) is 0 Å². The maximum atomic E-state index is 6.03. The molecule has 7 heteroatoms. The van der Waals surface area contributed by atoms with Crippen LogP contribution in [0.3, 0.4) is 0 Å². The Morgan fingerprint density at radius 3 is 2.47 bits per heavy atom. The van der Waals surface area contributed by atoms with Gasteiger partial charge in [-0.2, -0.15) is 0 Å². The number of ether oxygens (including phenoxy) is 3. The normalized spacial score (nSPS) is 14.5. The smallest absolute Gasteiger partial charge is 0.191 e. The van der Waals surface area contributed by atoms with Crippen LogP contribution in [0.4, 0.5) is 0 Å². The number of benzene rings is 2. The summed E-state index contributed by atoms with van der Waals surface area (Å²) in [7, 11) is 1.78. The van der Waals surface area contributed by atoms with Gasteiger partial charge in [0.15, 0.2) is 5.96 Å². The maximum absolute atomic E-state index is 6.03. The predicted octanol–water partition coefficient (Wildman–Crippen LogP) is 4.35. The molecule has 0 aliphatic carbocycles. The van der Waals surface area contributed by atoms with Crippen LogP contribution >= 0.6 is 24.0 Å². The Bertz CT molecular complexity index is 783. The number of hydrogen-bond donors (Lipinski definition) is 2. The first kappa shape index (κ1) is 26.4. The molecule has 0 saturated carbocycles. The van der Waals surface area contributed by atoms with E-state index in [0.29, 0.717) is 19.1 Å². The second-order valence-corrected chi connectivity index (χ2v) is 7.62. The molecule has 2 aromatic carbocycles. The summed E-state index contributed by atoms with van der Waals surface area (Å²) < 4.78 is 17.2. The number of para-hydroxylation sites is 1. The summed E-state index contributed by atoms with van der Waals surface area (Å²) in [6.07, 6.45) is 3.18. The van der Waals surface area contributed by atoms with E-state index >= 15 is 0 Å². The number of hydrogen-bond acceptors (Lipinski definition) is 4. The van der Waals surface area contributed by atoms with E-state index < -0.39 is 0 Å². The van der Waals surface area contributed by atoms with Crippen molar-refractivity contribution >= 4 is 29.9 Å². The fourth-order valence-electron chi connectivity index (χ4n) is 3.54. The molecule has 0 radical (unpaired) electrons. The highest BCUT2D eigenvalue weighted by Gasteiger charge is 2.13. The van der Waals surface area contributed by atoms with E-state index in [0.717, 1.165) is 75.1 Å². The Morgan fingerprint density at radius 2 is 1.69 bits per heavy atom. The van der Waals surface area contributed by atoms with Crippen LogP contribution in [0.1, 0.15) is 19.3 Å². The Labute approximate surface area is 209 Å². The molecule has 1 saturated heterocycles. The molecule has 2 aromatic rings. The summed E-state index contributed by atoms with van der Waals surface area (Å²) in [5.41, 5.74) is 2.26. The molecule has 2 N–H and O–H groups in total. The fourth-order valence-corrected chi connectivity index (χ4v) is 3.54. The van der Waals surface area contributed by atoms with E-state index in [1.54, 1.807) is 7.05 Å². The predicted molar refractivity (Wildman–Crippen MR) is 141 cm³/mol. The van der Waals surface area contributed by atoms with E-state index in [-0.39, 0.29) is 24.0 Å². The first-order valence-corrected chi connectivity index (χ1v) is 11.2. The number of aliphatic imine (C=N–C) groups is 1.